The second-order valence-corrected chi connectivity index (χ2v) is 10.7. The summed E-state index contributed by atoms with van der Waals surface area (Å²) in [4.78, 5) is 0. The lowest BCUT2D eigenvalue weighted by Crippen LogP contribution is -2.25. The summed E-state index contributed by atoms with van der Waals surface area (Å²) >= 11 is 0. The molecule has 0 N–H and O–H groups in total. The van der Waals surface area contributed by atoms with Crippen molar-refractivity contribution in [2.45, 2.75) is 51.3 Å². The van der Waals surface area contributed by atoms with Crippen molar-refractivity contribution < 1.29 is 66.2 Å². The van der Waals surface area contributed by atoms with E-state index in [1.54, 1.807) is 0 Å². The minimum atomic E-state index is -5.50. The van der Waals surface area contributed by atoms with E-state index in [1.807, 2.05) is 6.92 Å². The van der Waals surface area contributed by atoms with Crippen LogP contribution < -0.4 is 4.74 Å². The first-order valence-corrected chi connectivity index (χ1v) is 14.3. The lowest BCUT2D eigenvalue weighted by molar-refractivity contribution is -0.189. The zero-order valence-corrected chi connectivity index (χ0v) is 24.9. The first-order valence-electron chi connectivity index (χ1n) is 14.3. The highest BCUT2D eigenvalue weighted by Crippen LogP contribution is 2.41. The minimum absolute atomic E-state index is 0.0164. The average Bonchev–Trinajstić information content (AvgIpc) is 2.96. The summed E-state index contributed by atoms with van der Waals surface area (Å²) in [6.45, 7) is 1.92. The van der Waals surface area contributed by atoms with Crippen molar-refractivity contribution in [3.63, 3.8) is 0 Å². The van der Waals surface area contributed by atoms with Crippen LogP contribution in [0.15, 0.2) is 60.4 Å². The lowest BCUT2D eigenvalue weighted by Gasteiger charge is -2.21. The third-order valence-electron chi connectivity index (χ3n) is 7.23. The molecule has 49 heavy (non-hydrogen) atoms. The number of allylic oxidation sites excluding steroid dienone is 1. The van der Waals surface area contributed by atoms with Crippen molar-refractivity contribution in [3.8, 4) is 28.0 Å². The maximum Gasteiger partial charge on any atom is 0.432 e. The Morgan fingerprint density at radius 3 is 1.63 bits per heavy atom. The summed E-state index contributed by atoms with van der Waals surface area (Å²) in [7, 11) is 0. The lowest BCUT2D eigenvalue weighted by atomic mass is 9.99. The molecule has 0 amide bonds. The summed E-state index contributed by atoms with van der Waals surface area (Å²) in [6, 6.07) is 2.72. The minimum Gasteiger partial charge on any atom is -0.429 e. The van der Waals surface area contributed by atoms with Crippen LogP contribution in [0.1, 0.15) is 55.7 Å². The van der Waals surface area contributed by atoms with E-state index in [1.165, 1.54) is 0 Å². The fourth-order valence-corrected chi connectivity index (χ4v) is 4.94. The van der Waals surface area contributed by atoms with Gasteiger partial charge in [0, 0.05) is 29.7 Å². The fraction of sp³-hybridized carbons (Fsp3) is 0.235. The van der Waals surface area contributed by atoms with Gasteiger partial charge in [-0.05, 0) is 47.9 Å². The Bertz CT molecular complexity index is 1830. The third kappa shape index (κ3) is 8.19. The first-order chi connectivity index (χ1) is 22.8. The average molecular weight is 713 g/mol. The Morgan fingerprint density at radius 2 is 1.12 bits per heavy atom. The largest absolute Gasteiger partial charge is 0.432 e. The van der Waals surface area contributed by atoms with Gasteiger partial charge in [-0.1, -0.05) is 38.3 Å². The van der Waals surface area contributed by atoms with Crippen molar-refractivity contribution in [3.05, 3.63) is 118 Å². The monoisotopic (exact) mass is 712 g/mol. The van der Waals surface area contributed by atoms with E-state index < -0.39 is 109 Å². The van der Waals surface area contributed by atoms with Crippen molar-refractivity contribution in [2.75, 3.05) is 0 Å². The number of benzene rings is 4. The van der Waals surface area contributed by atoms with Gasteiger partial charge >= 0.3 is 12.3 Å². The number of ether oxygens (including phenoxy) is 1. The summed E-state index contributed by atoms with van der Waals surface area (Å²) < 4.78 is 203. The van der Waals surface area contributed by atoms with Crippen LogP contribution in [0, 0.1) is 40.7 Å². The molecule has 0 fully saturated rings. The predicted octanol–water partition coefficient (Wildman–Crippen LogP) is 12.7. The molecule has 0 radical (unpaired) electrons. The predicted molar refractivity (Wildman–Crippen MR) is 151 cm³/mol. The summed E-state index contributed by atoms with van der Waals surface area (Å²) in [5, 5.41) is 0. The molecule has 0 unspecified atom stereocenters. The van der Waals surface area contributed by atoms with Gasteiger partial charge in [0.05, 0.1) is 5.56 Å². The molecule has 4 aromatic carbocycles. The number of hydrogen-bond donors (Lipinski definition) is 0. The molecule has 0 aromatic heterocycles. The van der Waals surface area contributed by atoms with Gasteiger partial charge in [-0.3, -0.25) is 0 Å². The molecule has 0 saturated carbocycles. The van der Waals surface area contributed by atoms with Gasteiger partial charge in [0.25, 0.3) is 0 Å². The Kier molecular flexibility index (Phi) is 11.0. The van der Waals surface area contributed by atoms with Crippen molar-refractivity contribution >= 4 is 5.83 Å². The molecule has 0 bridgehead atoms. The van der Waals surface area contributed by atoms with Crippen LogP contribution >= 0.6 is 0 Å². The molecule has 0 heterocycles. The van der Waals surface area contributed by atoms with Crippen LogP contribution in [0.25, 0.3) is 28.1 Å². The van der Waals surface area contributed by atoms with Gasteiger partial charge in [0.2, 0.25) is 0 Å². The highest BCUT2D eigenvalue weighted by Gasteiger charge is 2.42. The molecule has 1 nitrogen and oxygen atoms in total. The smallest absolute Gasteiger partial charge is 0.429 e. The van der Waals surface area contributed by atoms with Crippen molar-refractivity contribution in [1.82, 2.24) is 0 Å². The van der Waals surface area contributed by atoms with Crippen molar-refractivity contribution in [1.29, 1.82) is 0 Å². The van der Waals surface area contributed by atoms with Crippen LogP contribution in [-0.4, -0.2) is 0 Å². The number of unbranched alkanes of at least 4 members (excludes halogenated alkanes) is 3. The van der Waals surface area contributed by atoms with Gasteiger partial charge in [0.1, 0.15) is 63.4 Å². The third-order valence-corrected chi connectivity index (χ3v) is 7.23. The van der Waals surface area contributed by atoms with Gasteiger partial charge in [-0.2, -0.15) is 22.0 Å². The summed E-state index contributed by atoms with van der Waals surface area (Å²) in [5.41, 5.74) is -8.64. The van der Waals surface area contributed by atoms with E-state index in [0.29, 0.717) is 18.9 Å². The number of hydrogen-bond acceptors (Lipinski definition) is 1. The second-order valence-electron chi connectivity index (χ2n) is 10.7. The molecular weight excluding hydrogens is 690 g/mol. The van der Waals surface area contributed by atoms with E-state index >= 15 is 0 Å². The Morgan fingerprint density at radius 1 is 0.592 bits per heavy atom. The van der Waals surface area contributed by atoms with Gasteiger partial charge in [0.15, 0.2) is 5.83 Å². The maximum absolute atomic E-state index is 15.0. The summed E-state index contributed by atoms with van der Waals surface area (Å²) in [5.74, 6) is -17.4. The normalized spacial score (nSPS) is 12.7. The van der Waals surface area contributed by atoms with Crippen molar-refractivity contribution in [2.24, 2.45) is 0 Å². The molecule has 0 aliphatic carbocycles. The standard InChI is InChI=1S/C34H22F14O/c1-2-3-4-5-6-21(35)32(43)16-7-8-20(22(36)9-16)17-10-27(41)31(28(42)11-17)34(47,48)49-19-14-23(37)29(24(38)15-19)18-12-25(39)30(26(40)13-18)33(44,45)46/h7-15H,2-6H2,1H3. The van der Waals surface area contributed by atoms with Gasteiger partial charge in [-0.15, -0.1) is 0 Å². The highest BCUT2D eigenvalue weighted by atomic mass is 19.4. The molecule has 262 valence electrons. The van der Waals surface area contributed by atoms with E-state index in [2.05, 4.69) is 4.74 Å². The van der Waals surface area contributed by atoms with E-state index in [9.17, 15) is 61.5 Å². The van der Waals surface area contributed by atoms with Crippen LogP contribution in [0.3, 0.4) is 0 Å². The van der Waals surface area contributed by atoms with E-state index in [-0.39, 0.29) is 42.8 Å². The van der Waals surface area contributed by atoms with Crippen LogP contribution in [0.5, 0.6) is 5.75 Å². The Labute approximate surface area is 269 Å². The van der Waals surface area contributed by atoms with E-state index in [4.69, 9.17) is 0 Å². The summed E-state index contributed by atoms with van der Waals surface area (Å²) in [6.07, 6.45) is -8.12. The molecular formula is C34H22F14O. The molecule has 4 aromatic rings. The van der Waals surface area contributed by atoms with Crippen LogP contribution in [0.2, 0.25) is 0 Å². The maximum atomic E-state index is 15.0. The zero-order chi connectivity index (χ0) is 36.4. The molecule has 0 aliphatic heterocycles. The molecule has 15 heteroatoms. The van der Waals surface area contributed by atoms with Gasteiger partial charge < -0.3 is 4.74 Å². The second kappa shape index (κ2) is 14.5. The Hall–Kier alpha value is -4.56. The first kappa shape index (κ1) is 37.3. The quantitative estimate of drug-likeness (QED) is 0.111. The molecule has 0 spiro atoms. The van der Waals surface area contributed by atoms with Gasteiger partial charge in [-0.25, -0.2) is 39.5 Å². The van der Waals surface area contributed by atoms with Crippen LogP contribution in [0.4, 0.5) is 61.5 Å². The topological polar surface area (TPSA) is 9.23 Å². The molecule has 4 rings (SSSR count). The molecule has 0 saturated heterocycles. The highest BCUT2D eigenvalue weighted by molar-refractivity contribution is 5.70. The fourth-order valence-electron chi connectivity index (χ4n) is 4.94. The zero-order valence-electron chi connectivity index (χ0n) is 24.9. The Balaban J connectivity index is 1.61. The SMILES string of the molecule is CCCCCCC(F)=C(F)c1ccc(-c2cc(F)c(C(F)(F)Oc3cc(F)c(-c4cc(F)c(C(F)(F)F)c(F)c4)c(F)c3)c(F)c2)c(F)c1. The number of halogens is 14. The van der Waals surface area contributed by atoms with Crippen LogP contribution in [-0.2, 0) is 12.3 Å². The number of rotatable bonds is 11. The number of alkyl halides is 5. The molecule has 0 aliphatic rings. The molecule has 0 atom stereocenters. The van der Waals surface area contributed by atoms with E-state index in [0.717, 1.165) is 25.0 Å².